The van der Waals surface area contributed by atoms with E-state index in [4.69, 9.17) is 20.2 Å². The number of nitrogens with zero attached hydrogens (tertiary/aromatic N) is 12. The maximum Gasteiger partial charge on any atom is 0.194 e. The molecule has 4 aliphatic heterocycles. The van der Waals surface area contributed by atoms with Crippen LogP contribution in [0.1, 0.15) is 122 Å². The third-order valence-corrected chi connectivity index (χ3v) is 16.4. The topological polar surface area (TPSA) is 119 Å². The summed E-state index contributed by atoms with van der Waals surface area (Å²) in [5.41, 5.74) is 4.45. The molecule has 12 nitrogen and oxygen atoms in total. The molecule has 4 fully saturated rings. The van der Waals surface area contributed by atoms with Crippen molar-refractivity contribution in [2.45, 2.75) is 116 Å². The van der Waals surface area contributed by atoms with Crippen LogP contribution < -0.4 is 9.80 Å². The Hall–Kier alpha value is -5.94. The van der Waals surface area contributed by atoms with E-state index in [1.54, 1.807) is 0 Å². The summed E-state index contributed by atoms with van der Waals surface area (Å²) in [4.78, 5) is 14.6. The van der Waals surface area contributed by atoms with Gasteiger partial charge in [0, 0.05) is 75.1 Å². The van der Waals surface area contributed by atoms with Crippen molar-refractivity contribution in [3.63, 3.8) is 0 Å². The Labute approximate surface area is 403 Å². The molecule has 70 heavy (non-hydrogen) atoms. The lowest BCUT2D eigenvalue weighted by atomic mass is 9.82. The Morgan fingerprint density at radius 2 is 0.900 bits per heavy atom. The molecule has 18 heteroatoms. The van der Waals surface area contributed by atoms with E-state index in [1.165, 1.54) is 37.8 Å². The van der Waals surface area contributed by atoms with Crippen molar-refractivity contribution in [3.05, 3.63) is 130 Å². The molecule has 0 amide bonds. The molecule has 4 aromatic heterocycles. The Kier molecular flexibility index (Phi) is 12.8. The molecule has 368 valence electrons. The van der Waals surface area contributed by atoms with Gasteiger partial charge in [0.2, 0.25) is 0 Å². The molecule has 0 radical (unpaired) electrons. The third-order valence-electron chi connectivity index (χ3n) is 16.4. The second-order valence-corrected chi connectivity index (χ2v) is 20.7. The van der Waals surface area contributed by atoms with Crippen LogP contribution in [-0.4, -0.2) is 76.1 Å². The first-order valence-corrected chi connectivity index (χ1v) is 25.2. The molecule has 0 spiro atoms. The smallest absolute Gasteiger partial charge is 0.194 e. The standard InChI is InChI=1S/2C26H29F3N6/c2*1-15-10-18(12-30-32-15)34-13-16-5-6-17(14-34)21(16)11-23-31-26-20(4-2-3-9-35(26)33-23)19-7-8-22(27)25(29)24(19)28/h2*7-8,10,12,16-17,20-21H,2-6,9,11,13-14H2,1H3/t2*16-,17+,20-,21?/m10/s1. The van der Waals surface area contributed by atoms with Crippen molar-refractivity contribution >= 4 is 11.4 Å². The highest BCUT2D eigenvalue weighted by Crippen LogP contribution is 2.46. The lowest BCUT2D eigenvalue weighted by molar-refractivity contribution is 0.265. The number of benzene rings is 2. The number of aromatic nitrogens is 10. The first-order chi connectivity index (χ1) is 33.9. The zero-order valence-corrected chi connectivity index (χ0v) is 39.6. The first kappa shape index (κ1) is 46.4. The van der Waals surface area contributed by atoms with Crippen LogP contribution in [0.2, 0.25) is 0 Å². The van der Waals surface area contributed by atoms with E-state index in [1.807, 2.05) is 35.6 Å². The van der Waals surface area contributed by atoms with Gasteiger partial charge in [-0.1, -0.05) is 25.0 Å². The average Bonchev–Trinajstić information content (AvgIpc) is 3.97. The summed E-state index contributed by atoms with van der Waals surface area (Å²) < 4.78 is 88.2. The fourth-order valence-electron chi connectivity index (χ4n) is 13.0. The van der Waals surface area contributed by atoms with Crippen molar-refractivity contribution in [2.24, 2.45) is 35.5 Å². The SMILES string of the molecule is Cc1cc(N2C[C@H]3CC[C@@H](C2)C3Cc2nc3n(n2)CCCC[C@@H]3c2ccc(F)c(F)c2F)cnn1.Cc1cc(N2C[C@H]3CC[C@@H](C2)C3Cc2nc3n(n2)CCCC[C@H]3c2ccc(F)c(F)c2F)cnn1. The average molecular weight is 965 g/mol. The van der Waals surface area contributed by atoms with Gasteiger partial charge < -0.3 is 9.80 Å². The molecule has 12 rings (SSSR count). The molecule has 6 aliphatic rings. The Bertz CT molecular complexity index is 2650. The number of aryl methyl sites for hydroxylation is 4. The van der Waals surface area contributed by atoms with Gasteiger partial charge in [0.1, 0.15) is 11.6 Å². The molecule has 2 aromatic carbocycles. The van der Waals surface area contributed by atoms with Gasteiger partial charge in [0.25, 0.3) is 0 Å². The number of hydrogen-bond acceptors (Lipinski definition) is 10. The highest BCUT2D eigenvalue weighted by atomic mass is 19.2. The van der Waals surface area contributed by atoms with Crippen molar-refractivity contribution < 1.29 is 26.3 Å². The molecule has 2 unspecified atom stereocenters. The predicted octanol–water partition coefficient (Wildman–Crippen LogP) is 9.63. The van der Waals surface area contributed by atoms with Crippen LogP contribution in [0.25, 0.3) is 0 Å². The van der Waals surface area contributed by atoms with Gasteiger partial charge in [-0.3, -0.25) is 0 Å². The minimum Gasteiger partial charge on any atom is -0.370 e. The second kappa shape index (κ2) is 19.3. The zero-order chi connectivity index (χ0) is 48.2. The largest absolute Gasteiger partial charge is 0.370 e. The van der Waals surface area contributed by atoms with E-state index in [0.29, 0.717) is 73.1 Å². The monoisotopic (exact) mass is 964 g/mol. The van der Waals surface area contributed by atoms with Crippen molar-refractivity contribution in [3.8, 4) is 0 Å². The van der Waals surface area contributed by atoms with E-state index < -0.39 is 46.7 Å². The van der Waals surface area contributed by atoms with E-state index in [0.717, 1.165) is 111 Å². The molecule has 0 N–H and O–H groups in total. The van der Waals surface area contributed by atoms with Crippen LogP contribution in [0, 0.1) is 84.3 Å². The van der Waals surface area contributed by atoms with Crippen LogP contribution in [0.5, 0.6) is 0 Å². The number of hydrogen-bond donors (Lipinski definition) is 0. The van der Waals surface area contributed by atoms with Gasteiger partial charge in [-0.15, -0.1) is 0 Å². The predicted molar refractivity (Wildman–Crippen MR) is 249 cm³/mol. The van der Waals surface area contributed by atoms with E-state index in [-0.39, 0.29) is 11.1 Å². The van der Waals surface area contributed by atoms with Gasteiger partial charge in [-0.25, -0.2) is 45.7 Å². The summed E-state index contributed by atoms with van der Waals surface area (Å²) in [6.07, 6.45) is 14.9. The van der Waals surface area contributed by atoms with Crippen LogP contribution in [0.4, 0.5) is 37.7 Å². The number of fused-ring (bicyclic) bond motifs is 6. The highest BCUT2D eigenvalue weighted by Gasteiger charge is 2.44. The zero-order valence-electron chi connectivity index (χ0n) is 39.6. The van der Waals surface area contributed by atoms with Crippen molar-refractivity contribution in [1.82, 2.24) is 49.9 Å². The Morgan fingerprint density at radius 1 is 0.500 bits per heavy atom. The van der Waals surface area contributed by atoms with E-state index in [2.05, 4.69) is 42.3 Å². The molecule has 8 heterocycles. The minimum atomic E-state index is -1.42. The number of anilines is 2. The summed E-state index contributed by atoms with van der Waals surface area (Å²) in [6, 6.07) is 8.91. The number of halogens is 6. The number of rotatable bonds is 8. The highest BCUT2D eigenvalue weighted by molar-refractivity contribution is 5.47. The normalized spacial score (nSPS) is 26.0. The van der Waals surface area contributed by atoms with Gasteiger partial charge >= 0.3 is 0 Å². The van der Waals surface area contributed by atoms with Crippen molar-refractivity contribution in [1.29, 1.82) is 0 Å². The summed E-state index contributed by atoms with van der Waals surface area (Å²) in [5.74, 6) is -2.06. The summed E-state index contributed by atoms with van der Waals surface area (Å²) >= 11 is 0. The van der Waals surface area contributed by atoms with Crippen molar-refractivity contribution in [2.75, 3.05) is 36.0 Å². The van der Waals surface area contributed by atoms with Gasteiger partial charge in [-0.05, 0) is 125 Å². The summed E-state index contributed by atoms with van der Waals surface area (Å²) in [7, 11) is 0. The molecule has 4 bridgehead atoms. The third kappa shape index (κ3) is 9.03. The molecular formula is C52H58F6N12. The molecule has 2 aliphatic carbocycles. The summed E-state index contributed by atoms with van der Waals surface area (Å²) in [5, 5.41) is 26.1. The van der Waals surface area contributed by atoms with Gasteiger partial charge in [-0.2, -0.15) is 30.6 Å². The first-order valence-electron chi connectivity index (χ1n) is 25.2. The molecule has 2 saturated carbocycles. The lowest BCUT2D eigenvalue weighted by Gasteiger charge is -2.39. The maximum atomic E-state index is 14.7. The van der Waals surface area contributed by atoms with Crippen LogP contribution in [0.3, 0.4) is 0 Å². The summed E-state index contributed by atoms with van der Waals surface area (Å²) in [6.45, 7) is 9.31. The van der Waals surface area contributed by atoms with Crippen LogP contribution in [-0.2, 0) is 25.9 Å². The molecule has 6 aromatic rings. The van der Waals surface area contributed by atoms with Gasteiger partial charge in [0.05, 0.1) is 35.2 Å². The maximum absolute atomic E-state index is 14.7. The Balaban J connectivity index is 0.000000152. The molecular weight excluding hydrogens is 907 g/mol. The fourth-order valence-corrected chi connectivity index (χ4v) is 13.0. The van der Waals surface area contributed by atoms with E-state index in [9.17, 15) is 26.3 Å². The number of piperidine rings is 2. The van der Waals surface area contributed by atoms with E-state index >= 15 is 0 Å². The lowest BCUT2D eigenvalue weighted by Crippen LogP contribution is -2.43. The van der Waals surface area contributed by atoms with Crippen LogP contribution in [0.15, 0.2) is 48.8 Å². The fraction of sp³-hybridized carbons (Fsp3) is 0.538. The molecule has 8 atom stereocenters. The second-order valence-electron chi connectivity index (χ2n) is 20.7. The van der Waals surface area contributed by atoms with Gasteiger partial charge in [0.15, 0.2) is 46.6 Å². The Morgan fingerprint density at radius 3 is 1.29 bits per heavy atom. The molecule has 2 saturated heterocycles. The van der Waals surface area contributed by atoms with Crippen LogP contribution >= 0.6 is 0 Å². The quantitative estimate of drug-likeness (QED) is 0.108. The minimum absolute atomic E-state index is 0.167.